The van der Waals surface area contributed by atoms with Crippen LogP contribution in [0.15, 0.2) is 36.4 Å². The summed E-state index contributed by atoms with van der Waals surface area (Å²) in [7, 11) is 2.73. The number of Topliss-reactive ketones (excluding diaryl/α,β-unsaturated/α-hetero) is 1. The van der Waals surface area contributed by atoms with Gasteiger partial charge in [-0.2, -0.15) is 0 Å². The van der Waals surface area contributed by atoms with Gasteiger partial charge in [0.25, 0.3) is 11.8 Å². The van der Waals surface area contributed by atoms with Crippen molar-refractivity contribution in [3.05, 3.63) is 47.5 Å². The molecule has 2 amide bonds. The van der Waals surface area contributed by atoms with Gasteiger partial charge >= 0.3 is 0 Å². The lowest BCUT2D eigenvalue weighted by atomic mass is 9.92. The van der Waals surface area contributed by atoms with E-state index >= 15 is 0 Å². The molecular weight excluding hydrogens is 384 g/mol. The van der Waals surface area contributed by atoms with Crippen LogP contribution in [0, 0.1) is 17.8 Å². The first kappa shape index (κ1) is 23.3. The second-order valence-electron chi connectivity index (χ2n) is 7.25. The van der Waals surface area contributed by atoms with Crippen molar-refractivity contribution in [2.24, 2.45) is 5.92 Å². The predicted octanol–water partition coefficient (Wildman–Crippen LogP) is 1.16. The number of likely N-dealkylation sites (N-methyl/N-ethyl adjacent to an activating group) is 2. The Morgan fingerprint density at radius 2 is 1.90 bits per heavy atom. The lowest BCUT2D eigenvalue weighted by Crippen LogP contribution is -2.62. The molecule has 0 radical (unpaired) electrons. The highest BCUT2D eigenvalue weighted by molar-refractivity contribution is 6.14. The highest BCUT2D eigenvalue weighted by atomic mass is 16.5. The number of aliphatic hydroxyl groups excluding tert-OH is 1. The van der Waals surface area contributed by atoms with Crippen LogP contribution in [0.1, 0.15) is 35.7 Å². The highest BCUT2D eigenvalue weighted by Crippen LogP contribution is 2.19. The van der Waals surface area contributed by atoms with Gasteiger partial charge < -0.3 is 20.1 Å². The van der Waals surface area contributed by atoms with Gasteiger partial charge in [-0.3, -0.25) is 14.4 Å². The number of aliphatic hydroxyl groups is 1. The van der Waals surface area contributed by atoms with Gasteiger partial charge in [-0.05, 0) is 56.0 Å². The number of ketones is 1. The second-order valence-corrected chi connectivity index (χ2v) is 7.25. The van der Waals surface area contributed by atoms with E-state index in [-0.39, 0.29) is 0 Å². The topological polar surface area (TPSA) is 95.9 Å². The number of rotatable bonds is 6. The fourth-order valence-corrected chi connectivity index (χ4v) is 3.17. The van der Waals surface area contributed by atoms with Gasteiger partial charge in [-0.1, -0.05) is 17.9 Å². The summed E-state index contributed by atoms with van der Waals surface area (Å²) in [5.74, 6) is 4.57. The fourth-order valence-electron chi connectivity index (χ4n) is 3.17. The van der Waals surface area contributed by atoms with Gasteiger partial charge in [-0.25, -0.2) is 0 Å². The molecule has 0 bridgehead atoms. The molecule has 0 unspecified atom stereocenters. The number of carbonyl (C=O) groups excluding carboxylic acids is 3. The third kappa shape index (κ3) is 5.35. The van der Waals surface area contributed by atoms with E-state index in [1.165, 1.54) is 21.0 Å². The number of nitrogens with zero attached hydrogens (tertiary/aromatic N) is 1. The van der Waals surface area contributed by atoms with Crippen LogP contribution < -0.4 is 5.32 Å². The summed E-state index contributed by atoms with van der Waals surface area (Å²) in [5, 5.41) is 11.6. The summed E-state index contributed by atoms with van der Waals surface area (Å²) in [5.41, 5.74) is -0.762. The molecule has 1 saturated heterocycles. The monoisotopic (exact) mass is 412 g/mol. The predicted molar refractivity (Wildman–Crippen MR) is 113 cm³/mol. The van der Waals surface area contributed by atoms with Crippen LogP contribution in [-0.4, -0.2) is 67.1 Å². The van der Waals surface area contributed by atoms with Crippen LogP contribution in [0.5, 0.6) is 0 Å². The van der Waals surface area contributed by atoms with Gasteiger partial charge in [0.2, 0.25) is 0 Å². The van der Waals surface area contributed by atoms with Crippen LogP contribution in [0.4, 0.5) is 0 Å². The minimum Gasteiger partial charge on any atom is -0.388 e. The third-order valence-corrected chi connectivity index (χ3v) is 5.40. The lowest BCUT2D eigenvalue weighted by Gasteiger charge is -2.35. The molecule has 1 aliphatic heterocycles. The summed E-state index contributed by atoms with van der Waals surface area (Å²) in [6.45, 7) is 2.04. The van der Waals surface area contributed by atoms with Crippen molar-refractivity contribution in [2.75, 3.05) is 33.9 Å². The summed E-state index contributed by atoms with van der Waals surface area (Å²) in [6.07, 6.45) is 5.96. The normalized spacial score (nSPS) is 16.3. The Hall–Kier alpha value is -2.95. The van der Waals surface area contributed by atoms with Crippen molar-refractivity contribution in [3.8, 4) is 11.8 Å². The van der Waals surface area contributed by atoms with Crippen molar-refractivity contribution < 1.29 is 24.2 Å². The van der Waals surface area contributed by atoms with Crippen LogP contribution in [0.25, 0.3) is 0 Å². The zero-order chi connectivity index (χ0) is 22.1. The van der Waals surface area contributed by atoms with Crippen LogP contribution in [0.3, 0.4) is 0 Å². The smallest absolute Gasteiger partial charge is 0.254 e. The number of hydrogen-bond acceptors (Lipinski definition) is 5. The molecule has 160 valence electrons. The molecule has 7 heteroatoms. The molecule has 1 aromatic rings. The second kappa shape index (κ2) is 10.7. The van der Waals surface area contributed by atoms with E-state index in [0.29, 0.717) is 11.5 Å². The Kier molecular flexibility index (Phi) is 8.34. The molecule has 1 aliphatic rings. The number of amides is 2. The third-order valence-electron chi connectivity index (χ3n) is 5.40. The van der Waals surface area contributed by atoms with E-state index in [4.69, 9.17) is 4.74 Å². The maximum absolute atomic E-state index is 12.8. The molecule has 1 heterocycles. The quantitative estimate of drug-likeness (QED) is 0.540. The maximum Gasteiger partial charge on any atom is 0.254 e. The van der Waals surface area contributed by atoms with E-state index in [9.17, 15) is 19.5 Å². The van der Waals surface area contributed by atoms with E-state index in [0.717, 1.165) is 36.5 Å². The van der Waals surface area contributed by atoms with Crippen LogP contribution in [0.2, 0.25) is 0 Å². The number of nitrogens with one attached hydrogen (secondary N) is 1. The fraction of sp³-hybridized carbons (Fsp3) is 0.435. The number of ether oxygens (including phenoxy) is 1. The molecule has 0 saturated carbocycles. The number of benzene rings is 1. The van der Waals surface area contributed by atoms with E-state index in [1.54, 1.807) is 24.3 Å². The molecule has 7 nitrogen and oxygen atoms in total. The Bertz CT molecular complexity index is 842. The van der Waals surface area contributed by atoms with E-state index in [1.807, 2.05) is 6.08 Å². The first-order chi connectivity index (χ1) is 14.3. The Morgan fingerprint density at radius 3 is 2.47 bits per heavy atom. The Balaban J connectivity index is 2.10. The Morgan fingerprint density at radius 1 is 1.27 bits per heavy atom. The van der Waals surface area contributed by atoms with Crippen molar-refractivity contribution in [1.82, 2.24) is 10.2 Å². The first-order valence-corrected chi connectivity index (χ1v) is 9.85. The average molecular weight is 412 g/mol. The summed E-state index contributed by atoms with van der Waals surface area (Å²) in [6, 6.07) is 6.61. The number of allylic oxidation sites excluding steroid dienone is 2. The molecule has 2 N–H and O–H groups in total. The maximum atomic E-state index is 12.8. The highest BCUT2D eigenvalue weighted by Gasteiger charge is 2.46. The van der Waals surface area contributed by atoms with Gasteiger partial charge in [0.15, 0.2) is 11.3 Å². The molecule has 1 aromatic carbocycles. The van der Waals surface area contributed by atoms with Crippen LogP contribution >= 0.6 is 0 Å². The van der Waals surface area contributed by atoms with E-state index < -0.39 is 29.7 Å². The lowest BCUT2D eigenvalue weighted by molar-refractivity contribution is -0.143. The zero-order valence-electron chi connectivity index (χ0n) is 17.6. The molecule has 0 aromatic heterocycles. The minimum atomic E-state index is -1.81. The molecule has 0 aliphatic carbocycles. The summed E-state index contributed by atoms with van der Waals surface area (Å²) >= 11 is 0. The minimum absolute atomic E-state index is 0.307. The number of carbonyl (C=O) groups is 3. The van der Waals surface area contributed by atoms with E-state index in [2.05, 4.69) is 23.2 Å². The summed E-state index contributed by atoms with van der Waals surface area (Å²) in [4.78, 5) is 38.3. The first-order valence-electron chi connectivity index (χ1n) is 9.85. The van der Waals surface area contributed by atoms with Crippen molar-refractivity contribution in [1.29, 1.82) is 0 Å². The van der Waals surface area contributed by atoms with Gasteiger partial charge in [0.1, 0.15) is 6.61 Å². The molecule has 1 fully saturated rings. The van der Waals surface area contributed by atoms with Crippen molar-refractivity contribution in [2.45, 2.75) is 25.3 Å². The van der Waals surface area contributed by atoms with Gasteiger partial charge in [0, 0.05) is 38.4 Å². The summed E-state index contributed by atoms with van der Waals surface area (Å²) < 4.78 is 5.33. The molecular formula is C23H28N2O5. The molecule has 0 spiro atoms. The zero-order valence-corrected chi connectivity index (χ0v) is 17.6. The number of hydrogen-bond donors (Lipinski definition) is 2. The molecule has 1 atom stereocenters. The van der Waals surface area contributed by atoms with Crippen molar-refractivity contribution in [3.63, 3.8) is 0 Å². The molecule has 2 rings (SSSR count). The largest absolute Gasteiger partial charge is 0.388 e. The standard InChI is InChI=1S/C23H28N2O5/c1-23(20(27)16-26,22(29)24-2)25(3)21(28)19-10-8-17(9-11-19)6-4-5-7-18-12-14-30-15-13-18/h5,7-11,18,26H,12-16H2,1-3H3,(H,24,29)/b7-5+/t23-/m1/s1. The SMILES string of the molecule is CNC(=O)[C@@](C)(C(=O)CO)N(C)C(=O)c1ccc(C#C/C=C/C2CCOCC2)cc1. The van der Waals surface area contributed by atoms with Gasteiger partial charge in [0.05, 0.1) is 0 Å². The average Bonchev–Trinajstić information content (AvgIpc) is 2.80. The van der Waals surface area contributed by atoms with Gasteiger partial charge in [-0.15, -0.1) is 0 Å². The van der Waals surface area contributed by atoms with Crippen molar-refractivity contribution >= 4 is 17.6 Å². The Labute approximate surface area is 177 Å². The molecule has 30 heavy (non-hydrogen) atoms. The van der Waals surface area contributed by atoms with Crippen LogP contribution in [-0.2, 0) is 14.3 Å².